The lowest BCUT2D eigenvalue weighted by atomic mass is 9.80. The SMILES string of the molecule is CC1CCC(O)(COC2CCOC2)CC1. The van der Waals surface area contributed by atoms with E-state index in [0.29, 0.717) is 13.2 Å². The first-order valence-corrected chi connectivity index (χ1v) is 6.10. The molecule has 3 nitrogen and oxygen atoms in total. The van der Waals surface area contributed by atoms with E-state index in [2.05, 4.69) is 6.92 Å². The normalized spacial score (nSPS) is 42.0. The maximum atomic E-state index is 10.3. The van der Waals surface area contributed by atoms with Crippen LogP contribution in [0.3, 0.4) is 0 Å². The quantitative estimate of drug-likeness (QED) is 0.777. The van der Waals surface area contributed by atoms with Crippen molar-refractivity contribution in [3.8, 4) is 0 Å². The van der Waals surface area contributed by atoms with E-state index in [-0.39, 0.29) is 6.10 Å². The van der Waals surface area contributed by atoms with E-state index in [0.717, 1.165) is 44.6 Å². The van der Waals surface area contributed by atoms with Gasteiger partial charge in [-0.15, -0.1) is 0 Å². The monoisotopic (exact) mass is 214 g/mol. The van der Waals surface area contributed by atoms with Crippen molar-refractivity contribution in [2.24, 2.45) is 5.92 Å². The lowest BCUT2D eigenvalue weighted by molar-refractivity contribution is -0.0955. The first-order valence-electron chi connectivity index (χ1n) is 6.10. The first kappa shape index (κ1) is 11.4. The Morgan fingerprint density at radius 2 is 2.07 bits per heavy atom. The second-order valence-corrected chi connectivity index (χ2v) is 5.20. The molecule has 1 saturated heterocycles. The van der Waals surface area contributed by atoms with Crippen LogP contribution in [0.15, 0.2) is 0 Å². The number of hydrogen-bond donors (Lipinski definition) is 1. The maximum Gasteiger partial charge on any atom is 0.0880 e. The first-order chi connectivity index (χ1) is 7.18. The van der Waals surface area contributed by atoms with E-state index in [1.165, 1.54) is 0 Å². The van der Waals surface area contributed by atoms with Gasteiger partial charge in [-0.05, 0) is 38.0 Å². The third-order valence-corrected chi connectivity index (χ3v) is 3.68. The second kappa shape index (κ2) is 4.81. The van der Waals surface area contributed by atoms with E-state index in [1.54, 1.807) is 0 Å². The van der Waals surface area contributed by atoms with Crippen molar-refractivity contribution in [1.29, 1.82) is 0 Å². The molecular formula is C12H22O3. The summed E-state index contributed by atoms with van der Waals surface area (Å²) in [6, 6.07) is 0. The van der Waals surface area contributed by atoms with Crippen molar-refractivity contribution >= 4 is 0 Å². The fourth-order valence-corrected chi connectivity index (χ4v) is 2.36. The molecule has 1 unspecified atom stereocenters. The lowest BCUT2D eigenvalue weighted by Crippen LogP contribution is -2.39. The molecule has 0 aromatic carbocycles. The number of hydrogen-bond acceptors (Lipinski definition) is 3. The van der Waals surface area contributed by atoms with Crippen LogP contribution in [0.4, 0.5) is 0 Å². The van der Waals surface area contributed by atoms with Gasteiger partial charge in [0.15, 0.2) is 0 Å². The van der Waals surface area contributed by atoms with E-state index >= 15 is 0 Å². The fraction of sp³-hybridized carbons (Fsp3) is 1.00. The molecule has 0 radical (unpaired) electrons. The summed E-state index contributed by atoms with van der Waals surface area (Å²) in [5.41, 5.74) is -0.560. The van der Waals surface area contributed by atoms with E-state index in [1.807, 2.05) is 0 Å². The van der Waals surface area contributed by atoms with Crippen molar-refractivity contribution in [1.82, 2.24) is 0 Å². The molecular weight excluding hydrogens is 192 g/mol. The Bertz CT molecular complexity index is 191. The summed E-state index contributed by atoms with van der Waals surface area (Å²) in [5.74, 6) is 0.764. The molecule has 3 heteroatoms. The summed E-state index contributed by atoms with van der Waals surface area (Å²) in [5, 5.41) is 10.3. The topological polar surface area (TPSA) is 38.7 Å². The Hall–Kier alpha value is -0.120. The zero-order valence-electron chi connectivity index (χ0n) is 9.58. The molecule has 1 aliphatic heterocycles. The van der Waals surface area contributed by atoms with Gasteiger partial charge in [0.25, 0.3) is 0 Å². The van der Waals surface area contributed by atoms with E-state index in [4.69, 9.17) is 9.47 Å². The van der Waals surface area contributed by atoms with Gasteiger partial charge in [0.05, 0.1) is 24.9 Å². The Kier molecular flexibility index (Phi) is 3.65. The van der Waals surface area contributed by atoms with Gasteiger partial charge in [-0.1, -0.05) is 6.92 Å². The van der Waals surface area contributed by atoms with Crippen molar-refractivity contribution in [2.45, 2.75) is 50.7 Å². The summed E-state index contributed by atoms with van der Waals surface area (Å²) in [7, 11) is 0. The number of ether oxygens (including phenoxy) is 2. The van der Waals surface area contributed by atoms with Gasteiger partial charge in [-0.2, -0.15) is 0 Å². The van der Waals surface area contributed by atoms with Gasteiger partial charge in [-0.3, -0.25) is 0 Å². The Morgan fingerprint density at radius 3 is 2.67 bits per heavy atom. The van der Waals surface area contributed by atoms with E-state index < -0.39 is 5.60 Å². The summed E-state index contributed by atoms with van der Waals surface area (Å²) in [6.07, 6.45) is 5.23. The third kappa shape index (κ3) is 3.16. The molecule has 1 N–H and O–H groups in total. The Balaban J connectivity index is 1.72. The predicted octanol–water partition coefficient (Wildman–Crippen LogP) is 1.73. The average molecular weight is 214 g/mol. The van der Waals surface area contributed by atoms with E-state index in [9.17, 15) is 5.11 Å². The average Bonchev–Trinajstić information content (AvgIpc) is 2.73. The minimum Gasteiger partial charge on any atom is -0.387 e. The largest absolute Gasteiger partial charge is 0.387 e. The van der Waals surface area contributed by atoms with Crippen LogP contribution in [0.25, 0.3) is 0 Å². The van der Waals surface area contributed by atoms with Crippen LogP contribution in [0, 0.1) is 5.92 Å². The van der Waals surface area contributed by atoms with Crippen LogP contribution in [0.5, 0.6) is 0 Å². The summed E-state index contributed by atoms with van der Waals surface area (Å²) in [6.45, 7) is 4.26. The highest BCUT2D eigenvalue weighted by molar-refractivity contribution is 4.84. The molecule has 0 aromatic heterocycles. The number of aliphatic hydroxyl groups is 1. The zero-order valence-corrected chi connectivity index (χ0v) is 9.58. The molecule has 1 saturated carbocycles. The van der Waals surface area contributed by atoms with Gasteiger partial charge < -0.3 is 14.6 Å². The molecule has 0 amide bonds. The van der Waals surface area contributed by atoms with Crippen molar-refractivity contribution < 1.29 is 14.6 Å². The highest BCUT2D eigenvalue weighted by atomic mass is 16.5. The Morgan fingerprint density at radius 1 is 1.33 bits per heavy atom. The third-order valence-electron chi connectivity index (χ3n) is 3.68. The molecule has 1 heterocycles. The fourth-order valence-electron chi connectivity index (χ4n) is 2.36. The second-order valence-electron chi connectivity index (χ2n) is 5.20. The van der Waals surface area contributed by atoms with Crippen LogP contribution in [-0.2, 0) is 9.47 Å². The lowest BCUT2D eigenvalue weighted by Gasteiger charge is -2.35. The zero-order chi connectivity index (χ0) is 10.7. The predicted molar refractivity (Wildman–Crippen MR) is 57.8 cm³/mol. The van der Waals surface area contributed by atoms with Gasteiger partial charge in [0, 0.05) is 6.61 Å². The smallest absolute Gasteiger partial charge is 0.0880 e. The number of rotatable bonds is 3. The minimum atomic E-state index is -0.560. The molecule has 88 valence electrons. The Labute approximate surface area is 91.8 Å². The summed E-state index contributed by atoms with van der Waals surface area (Å²) in [4.78, 5) is 0. The maximum absolute atomic E-state index is 10.3. The van der Waals surface area contributed by atoms with Crippen LogP contribution in [-0.4, -0.2) is 36.6 Å². The molecule has 2 fully saturated rings. The molecule has 0 aromatic rings. The van der Waals surface area contributed by atoms with Crippen LogP contribution >= 0.6 is 0 Å². The van der Waals surface area contributed by atoms with Crippen molar-refractivity contribution in [2.75, 3.05) is 19.8 Å². The highest BCUT2D eigenvalue weighted by Gasteiger charge is 2.33. The van der Waals surface area contributed by atoms with Gasteiger partial charge in [-0.25, -0.2) is 0 Å². The molecule has 15 heavy (non-hydrogen) atoms. The molecule has 0 spiro atoms. The molecule has 2 aliphatic rings. The highest BCUT2D eigenvalue weighted by Crippen LogP contribution is 2.32. The molecule has 0 bridgehead atoms. The molecule has 1 aliphatic carbocycles. The summed E-state index contributed by atoms with van der Waals surface area (Å²) < 4.78 is 10.9. The van der Waals surface area contributed by atoms with Crippen LogP contribution in [0.2, 0.25) is 0 Å². The standard InChI is InChI=1S/C12H22O3/c1-10-2-5-12(13,6-3-10)9-15-11-4-7-14-8-11/h10-11,13H,2-9H2,1H3. The van der Waals surface area contributed by atoms with Gasteiger partial charge in [0.2, 0.25) is 0 Å². The summed E-state index contributed by atoms with van der Waals surface area (Å²) >= 11 is 0. The van der Waals surface area contributed by atoms with Crippen molar-refractivity contribution in [3.05, 3.63) is 0 Å². The van der Waals surface area contributed by atoms with Crippen LogP contribution in [0.1, 0.15) is 39.0 Å². The van der Waals surface area contributed by atoms with Gasteiger partial charge in [0.1, 0.15) is 0 Å². The molecule has 2 rings (SSSR count). The van der Waals surface area contributed by atoms with Crippen molar-refractivity contribution in [3.63, 3.8) is 0 Å². The van der Waals surface area contributed by atoms with Gasteiger partial charge >= 0.3 is 0 Å². The minimum absolute atomic E-state index is 0.216. The molecule has 1 atom stereocenters. The van der Waals surface area contributed by atoms with Crippen LogP contribution < -0.4 is 0 Å².